The Morgan fingerprint density at radius 2 is 2.04 bits per heavy atom. The van der Waals surface area contributed by atoms with Crippen LogP contribution in [0.4, 0.5) is 0 Å². The van der Waals surface area contributed by atoms with Crippen molar-refractivity contribution < 1.29 is 4.74 Å². The highest BCUT2D eigenvalue weighted by Gasteiger charge is 2.14. The summed E-state index contributed by atoms with van der Waals surface area (Å²) in [5, 5.41) is 7.58. The summed E-state index contributed by atoms with van der Waals surface area (Å²) in [5.74, 6) is 1.75. The lowest BCUT2D eigenvalue weighted by molar-refractivity contribution is 0.129. The highest BCUT2D eigenvalue weighted by Crippen LogP contribution is 2.23. The Morgan fingerprint density at radius 3 is 2.65 bits per heavy atom. The monoisotopic (exact) mass is 357 g/mol. The SMILES string of the molecule is CCNC(=NCc1ccccc1OC(C)(C)C)N(C)Cc1cnn(C)c1. The van der Waals surface area contributed by atoms with Crippen LogP contribution in [0.3, 0.4) is 0 Å². The third-order valence-electron chi connectivity index (χ3n) is 3.66. The molecule has 0 atom stereocenters. The zero-order valence-electron chi connectivity index (χ0n) is 16.8. The van der Waals surface area contributed by atoms with Gasteiger partial charge in [0, 0.05) is 44.5 Å². The van der Waals surface area contributed by atoms with Crippen molar-refractivity contribution in [1.82, 2.24) is 20.0 Å². The zero-order chi connectivity index (χ0) is 19.2. The lowest BCUT2D eigenvalue weighted by atomic mass is 10.1. The van der Waals surface area contributed by atoms with Gasteiger partial charge in [-0.05, 0) is 33.8 Å². The number of ether oxygens (including phenoxy) is 1. The normalized spacial score (nSPS) is 12.2. The summed E-state index contributed by atoms with van der Waals surface area (Å²) in [6.45, 7) is 10.4. The summed E-state index contributed by atoms with van der Waals surface area (Å²) in [7, 11) is 3.96. The van der Waals surface area contributed by atoms with E-state index in [1.165, 1.54) is 0 Å². The summed E-state index contributed by atoms with van der Waals surface area (Å²) in [4.78, 5) is 6.91. The minimum absolute atomic E-state index is 0.235. The lowest BCUT2D eigenvalue weighted by Crippen LogP contribution is -2.38. The van der Waals surface area contributed by atoms with Crippen LogP contribution >= 0.6 is 0 Å². The van der Waals surface area contributed by atoms with E-state index in [2.05, 4.69) is 49.1 Å². The molecule has 0 aliphatic rings. The predicted molar refractivity (Wildman–Crippen MR) is 106 cm³/mol. The molecule has 0 fully saturated rings. The molecule has 1 heterocycles. The van der Waals surface area contributed by atoms with Crippen molar-refractivity contribution in [2.45, 2.75) is 46.4 Å². The maximum absolute atomic E-state index is 6.07. The molecule has 0 radical (unpaired) electrons. The number of nitrogens with zero attached hydrogens (tertiary/aromatic N) is 4. The first-order valence-electron chi connectivity index (χ1n) is 9.02. The molecule has 0 aliphatic carbocycles. The van der Waals surface area contributed by atoms with Gasteiger partial charge in [0.15, 0.2) is 5.96 Å². The molecule has 6 nitrogen and oxygen atoms in total. The van der Waals surface area contributed by atoms with Gasteiger partial charge in [0.2, 0.25) is 0 Å². The number of benzene rings is 1. The van der Waals surface area contributed by atoms with Gasteiger partial charge in [-0.25, -0.2) is 4.99 Å². The first-order chi connectivity index (χ1) is 12.3. The van der Waals surface area contributed by atoms with E-state index in [0.29, 0.717) is 6.54 Å². The molecule has 0 aliphatic heterocycles. The molecule has 1 aromatic carbocycles. The van der Waals surface area contributed by atoms with Crippen LogP contribution in [0.1, 0.15) is 38.8 Å². The molecule has 0 saturated carbocycles. The number of para-hydroxylation sites is 1. The van der Waals surface area contributed by atoms with Crippen LogP contribution in [0.5, 0.6) is 5.75 Å². The minimum Gasteiger partial charge on any atom is -0.488 e. The van der Waals surface area contributed by atoms with Crippen molar-refractivity contribution >= 4 is 5.96 Å². The molecule has 1 N–H and O–H groups in total. The number of hydrogen-bond donors (Lipinski definition) is 1. The predicted octanol–water partition coefficient (Wildman–Crippen LogP) is 3.19. The van der Waals surface area contributed by atoms with Crippen molar-refractivity contribution in [2.24, 2.45) is 12.0 Å². The van der Waals surface area contributed by atoms with E-state index in [1.54, 1.807) is 0 Å². The Morgan fingerprint density at radius 1 is 1.31 bits per heavy atom. The fourth-order valence-electron chi connectivity index (χ4n) is 2.60. The van der Waals surface area contributed by atoms with Crippen LogP contribution in [0.15, 0.2) is 41.7 Å². The Hall–Kier alpha value is -2.50. The molecule has 26 heavy (non-hydrogen) atoms. The lowest BCUT2D eigenvalue weighted by Gasteiger charge is -2.24. The summed E-state index contributed by atoms with van der Waals surface area (Å²) < 4.78 is 7.88. The summed E-state index contributed by atoms with van der Waals surface area (Å²) in [6.07, 6.45) is 3.90. The molecule has 0 unspecified atom stereocenters. The van der Waals surface area contributed by atoms with Crippen LogP contribution < -0.4 is 10.1 Å². The van der Waals surface area contributed by atoms with Gasteiger partial charge in [0.25, 0.3) is 0 Å². The van der Waals surface area contributed by atoms with Crippen LogP contribution in [0.25, 0.3) is 0 Å². The van der Waals surface area contributed by atoms with Gasteiger partial charge in [0.05, 0.1) is 12.7 Å². The third kappa shape index (κ3) is 6.10. The Labute approximate surface area is 156 Å². The van der Waals surface area contributed by atoms with Crippen LogP contribution in [-0.2, 0) is 20.1 Å². The van der Waals surface area contributed by atoms with Gasteiger partial charge in [-0.1, -0.05) is 18.2 Å². The van der Waals surface area contributed by atoms with Gasteiger partial charge in [-0.15, -0.1) is 0 Å². The number of nitrogens with one attached hydrogen (secondary N) is 1. The van der Waals surface area contributed by atoms with Gasteiger partial charge in [-0.2, -0.15) is 5.10 Å². The molecular formula is C20H31N5O. The number of aromatic nitrogens is 2. The van der Waals surface area contributed by atoms with Crippen LogP contribution in [0.2, 0.25) is 0 Å². The van der Waals surface area contributed by atoms with E-state index in [0.717, 1.165) is 35.9 Å². The maximum atomic E-state index is 6.07. The zero-order valence-corrected chi connectivity index (χ0v) is 16.8. The van der Waals surface area contributed by atoms with Crippen molar-refractivity contribution in [3.63, 3.8) is 0 Å². The summed E-state index contributed by atoms with van der Waals surface area (Å²) in [6, 6.07) is 8.08. The smallest absolute Gasteiger partial charge is 0.194 e. The van der Waals surface area contributed by atoms with E-state index in [4.69, 9.17) is 9.73 Å². The van der Waals surface area contributed by atoms with Crippen LogP contribution in [0, 0.1) is 0 Å². The molecule has 0 spiro atoms. The number of hydrogen-bond acceptors (Lipinski definition) is 3. The second kappa shape index (κ2) is 8.74. The number of aliphatic imine (C=N–C) groups is 1. The van der Waals surface area contributed by atoms with E-state index >= 15 is 0 Å². The second-order valence-corrected chi connectivity index (χ2v) is 7.37. The van der Waals surface area contributed by atoms with Gasteiger partial charge in [-0.3, -0.25) is 4.68 Å². The first-order valence-corrected chi connectivity index (χ1v) is 9.02. The molecule has 2 aromatic rings. The standard InChI is InChI=1S/C20H31N5O/c1-7-21-19(24(5)14-16-12-23-25(6)15-16)22-13-17-10-8-9-11-18(17)26-20(2,3)4/h8-12,15H,7,13-14H2,1-6H3,(H,21,22). The number of aryl methyl sites for hydroxylation is 1. The Bertz CT molecular complexity index is 730. The van der Waals surface area contributed by atoms with Gasteiger partial charge < -0.3 is 15.0 Å². The maximum Gasteiger partial charge on any atom is 0.194 e. The molecule has 0 amide bonds. The topological polar surface area (TPSA) is 54.7 Å². The highest BCUT2D eigenvalue weighted by molar-refractivity contribution is 5.79. The van der Waals surface area contributed by atoms with Crippen molar-refractivity contribution in [1.29, 1.82) is 0 Å². The number of guanidine groups is 1. The molecule has 142 valence electrons. The molecule has 2 rings (SSSR count). The van der Waals surface area contributed by atoms with Crippen molar-refractivity contribution in [3.05, 3.63) is 47.8 Å². The van der Waals surface area contributed by atoms with Crippen LogP contribution in [-0.4, -0.2) is 39.8 Å². The van der Waals surface area contributed by atoms with E-state index in [-0.39, 0.29) is 5.60 Å². The molecule has 0 bridgehead atoms. The van der Waals surface area contributed by atoms with Crippen molar-refractivity contribution in [3.8, 4) is 5.75 Å². The summed E-state index contributed by atoms with van der Waals surface area (Å²) >= 11 is 0. The van der Waals surface area contributed by atoms with Gasteiger partial charge in [0.1, 0.15) is 11.4 Å². The van der Waals surface area contributed by atoms with E-state index in [9.17, 15) is 0 Å². The quantitative estimate of drug-likeness (QED) is 0.637. The third-order valence-corrected chi connectivity index (χ3v) is 3.66. The fraction of sp³-hybridized carbons (Fsp3) is 0.500. The average molecular weight is 358 g/mol. The average Bonchev–Trinajstić information content (AvgIpc) is 2.96. The second-order valence-electron chi connectivity index (χ2n) is 7.37. The Kier molecular flexibility index (Phi) is 6.66. The molecule has 6 heteroatoms. The summed E-state index contributed by atoms with van der Waals surface area (Å²) in [5.41, 5.74) is 1.99. The fourth-order valence-corrected chi connectivity index (χ4v) is 2.60. The Balaban J connectivity index is 2.13. The largest absolute Gasteiger partial charge is 0.488 e. The van der Waals surface area contributed by atoms with E-state index < -0.39 is 0 Å². The molecular weight excluding hydrogens is 326 g/mol. The van der Waals surface area contributed by atoms with E-state index in [1.807, 2.05) is 49.4 Å². The van der Waals surface area contributed by atoms with Crippen molar-refractivity contribution in [2.75, 3.05) is 13.6 Å². The number of rotatable bonds is 6. The minimum atomic E-state index is -0.235. The van der Waals surface area contributed by atoms with Gasteiger partial charge >= 0.3 is 0 Å². The first kappa shape index (κ1) is 19.8. The molecule has 1 aromatic heterocycles. The highest BCUT2D eigenvalue weighted by atomic mass is 16.5. The molecule has 0 saturated heterocycles.